The quantitative estimate of drug-likeness (QED) is 0.151. The van der Waals surface area contributed by atoms with Crippen LogP contribution in [-0.4, -0.2) is 181 Å². The molecule has 2 heterocycles. The highest BCUT2D eigenvalue weighted by Crippen LogP contribution is 2.10. The zero-order valence-corrected chi connectivity index (χ0v) is 20.9. The zero-order valence-electron chi connectivity index (χ0n) is 20.9. The van der Waals surface area contributed by atoms with E-state index in [0.29, 0.717) is 65.2 Å². The first kappa shape index (κ1) is 30.7. The minimum absolute atomic E-state index is 0.0832. The summed E-state index contributed by atoms with van der Waals surface area (Å²) in [5.41, 5.74) is 0. The van der Waals surface area contributed by atoms with Crippen molar-refractivity contribution in [1.29, 1.82) is 0 Å². The number of nitrogens with zero attached hydrogens (tertiary/aromatic N) is 5. The SMILES string of the molecule is O=CC(N1CCOCC1)N(CCN(CCN(CC(=O)O)C(C=O)N1CCOCC1)CC(=O)O)CC(=O)O. The summed E-state index contributed by atoms with van der Waals surface area (Å²) in [6.07, 6.45) is -0.282. The lowest BCUT2D eigenvalue weighted by atomic mass is 10.3. The molecule has 0 aromatic heterocycles. The molecule has 3 N–H and O–H groups in total. The van der Waals surface area contributed by atoms with E-state index in [4.69, 9.17) is 9.47 Å². The third kappa shape index (κ3) is 10.8. The van der Waals surface area contributed by atoms with Crippen molar-refractivity contribution in [2.45, 2.75) is 12.3 Å². The van der Waals surface area contributed by atoms with Gasteiger partial charge in [-0.25, -0.2) is 0 Å². The fourth-order valence-electron chi connectivity index (χ4n) is 4.45. The summed E-state index contributed by atoms with van der Waals surface area (Å²) in [6, 6.07) is 0. The van der Waals surface area contributed by atoms with Crippen LogP contribution in [0.5, 0.6) is 0 Å². The van der Waals surface area contributed by atoms with E-state index in [0.717, 1.165) is 0 Å². The first-order chi connectivity index (χ1) is 17.7. The minimum Gasteiger partial charge on any atom is -0.480 e. The Bertz CT molecular complexity index is 706. The second-order valence-electron chi connectivity index (χ2n) is 8.79. The van der Waals surface area contributed by atoms with Gasteiger partial charge < -0.3 is 34.4 Å². The van der Waals surface area contributed by atoms with Crippen LogP contribution < -0.4 is 0 Å². The van der Waals surface area contributed by atoms with Crippen LogP contribution in [0.25, 0.3) is 0 Å². The summed E-state index contributed by atoms with van der Waals surface area (Å²) >= 11 is 0. The molecule has 0 aromatic carbocycles. The summed E-state index contributed by atoms with van der Waals surface area (Å²) in [4.78, 5) is 66.4. The van der Waals surface area contributed by atoms with E-state index in [2.05, 4.69) is 0 Å². The third-order valence-electron chi connectivity index (χ3n) is 6.27. The van der Waals surface area contributed by atoms with Gasteiger partial charge in [0.25, 0.3) is 0 Å². The molecule has 0 bridgehead atoms. The maximum atomic E-state index is 11.9. The zero-order chi connectivity index (χ0) is 27.2. The Labute approximate surface area is 215 Å². The molecule has 0 radical (unpaired) electrons. The van der Waals surface area contributed by atoms with E-state index in [1.165, 1.54) is 14.7 Å². The number of hydrogen-bond acceptors (Lipinski definition) is 12. The number of carbonyl (C=O) groups is 5. The van der Waals surface area contributed by atoms with Crippen molar-refractivity contribution < 1.29 is 48.8 Å². The Hall–Kier alpha value is -2.53. The Kier molecular flexibility index (Phi) is 13.6. The monoisotopic (exact) mass is 531 g/mol. The lowest BCUT2D eigenvalue weighted by molar-refractivity contribution is -0.143. The van der Waals surface area contributed by atoms with Crippen LogP contribution in [0.2, 0.25) is 0 Å². The molecule has 0 aromatic rings. The fourth-order valence-corrected chi connectivity index (χ4v) is 4.45. The van der Waals surface area contributed by atoms with E-state index >= 15 is 0 Å². The molecule has 2 unspecified atom stereocenters. The van der Waals surface area contributed by atoms with Gasteiger partial charge in [0.15, 0.2) is 12.6 Å². The standard InChI is InChI=1S/C22H37N5O10/c28-16-18(24-5-9-36-10-6-24)26(14-21(32)33)3-1-23(13-20(30)31)2-4-27(15-22(34)35)19(17-29)25-7-11-37-12-8-25/h16-19H,1-15H2,(H,30,31)(H,32,33)(H,34,35). The molecule has 2 saturated heterocycles. The highest BCUT2D eigenvalue weighted by atomic mass is 16.5. The van der Waals surface area contributed by atoms with Gasteiger partial charge >= 0.3 is 17.9 Å². The molecular formula is C22H37N5O10. The minimum atomic E-state index is -1.13. The van der Waals surface area contributed by atoms with Crippen LogP contribution in [0, 0.1) is 0 Å². The van der Waals surface area contributed by atoms with Gasteiger partial charge in [-0.15, -0.1) is 0 Å². The molecule has 0 amide bonds. The molecule has 15 heteroatoms. The Morgan fingerprint density at radius 2 is 1.00 bits per heavy atom. The number of hydrogen-bond donors (Lipinski definition) is 3. The lowest BCUT2D eigenvalue weighted by Crippen LogP contribution is -2.57. The molecule has 2 aliphatic heterocycles. The van der Waals surface area contributed by atoms with E-state index < -0.39 is 43.3 Å². The van der Waals surface area contributed by atoms with E-state index in [1.54, 1.807) is 0 Å². The van der Waals surface area contributed by atoms with Crippen molar-refractivity contribution in [2.24, 2.45) is 0 Å². The number of aldehydes is 2. The Balaban J connectivity index is 2.09. The van der Waals surface area contributed by atoms with E-state index in [9.17, 15) is 39.3 Å². The van der Waals surface area contributed by atoms with Gasteiger partial charge in [0.1, 0.15) is 12.3 Å². The summed E-state index contributed by atoms with van der Waals surface area (Å²) in [5.74, 6) is -3.37. The van der Waals surface area contributed by atoms with Crippen molar-refractivity contribution in [3.63, 3.8) is 0 Å². The van der Waals surface area contributed by atoms with Crippen LogP contribution in [-0.2, 0) is 33.4 Å². The molecular weight excluding hydrogens is 494 g/mol. The normalized spacial score (nSPS) is 19.1. The fraction of sp³-hybridized carbons (Fsp3) is 0.773. The number of carbonyl (C=O) groups excluding carboxylic acids is 2. The van der Waals surface area contributed by atoms with Crippen molar-refractivity contribution in [3.05, 3.63) is 0 Å². The Morgan fingerprint density at radius 3 is 1.30 bits per heavy atom. The first-order valence-corrected chi connectivity index (χ1v) is 12.1. The number of carboxylic acid groups (broad SMARTS) is 3. The van der Waals surface area contributed by atoms with Crippen LogP contribution in [0.15, 0.2) is 0 Å². The van der Waals surface area contributed by atoms with Crippen molar-refractivity contribution in [1.82, 2.24) is 24.5 Å². The Morgan fingerprint density at radius 1 is 0.649 bits per heavy atom. The molecule has 2 aliphatic rings. The number of aliphatic carboxylic acids is 3. The molecule has 0 aliphatic carbocycles. The van der Waals surface area contributed by atoms with E-state index in [1.807, 2.05) is 9.80 Å². The second-order valence-corrected chi connectivity index (χ2v) is 8.79. The van der Waals surface area contributed by atoms with Crippen LogP contribution in [0.4, 0.5) is 0 Å². The molecule has 2 atom stereocenters. The highest BCUT2D eigenvalue weighted by molar-refractivity contribution is 5.71. The maximum Gasteiger partial charge on any atom is 0.317 e. The number of morpholine rings is 2. The molecule has 15 nitrogen and oxygen atoms in total. The van der Waals surface area contributed by atoms with Gasteiger partial charge in [-0.3, -0.25) is 38.9 Å². The summed E-state index contributed by atoms with van der Waals surface area (Å²) < 4.78 is 10.6. The second kappa shape index (κ2) is 16.3. The number of ether oxygens (including phenoxy) is 2. The number of carboxylic acids is 3. The predicted molar refractivity (Wildman–Crippen MR) is 127 cm³/mol. The largest absolute Gasteiger partial charge is 0.480 e. The molecule has 37 heavy (non-hydrogen) atoms. The van der Waals surface area contributed by atoms with Crippen LogP contribution in [0.3, 0.4) is 0 Å². The van der Waals surface area contributed by atoms with Crippen molar-refractivity contribution in [2.75, 3.05) is 98.4 Å². The molecule has 0 saturated carbocycles. The topological polar surface area (TPSA) is 181 Å². The maximum absolute atomic E-state index is 11.9. The highest BCUT2D eigenvalue weighted by Gasteiger charge is 2.30. The number of rotatable bonds is 18. The molecule has 2 rings (SSSR count). The average Bonchev–Trinajstić information content (AvgIpc) is 2.86. The van der Waals surface area contributed by atoms with Crippen LogP contribution in [0.1, 0.15) is 0 Å². The van der Waals surface area contributed by atoms with Gasteiger partial charge in [0.2, 0.25) is 0 Å². The smallest absolute Gasteiger partial charge is 0.317 e. The summed E-state index contributed by atoms with van der Waals surface area (Å²) in [7, 11) is 0. The van der Waals surface area contributed by atoms with Crippen molar-refractivity contribution in [3.8, 4) is 0 Å². The molecule has 0 spiro atoms. The van der Waals surface area contributed by atoms with Gasteiger partial charge in [0.05, 0.1) is 46.1 Å². The van der Waals surface area contributed by atoms with Crippen LogP contribution >= 0.6 is 0 Å². The van der Waals surface area contributed by atoms with Crippen molar-refractivity contribution >= 4 is 30.5 Å². The molecule has 210 valence electrons. The van der Waals surface area contributed by atoms with Gasteiger partial charge in [-0.05, 0) is 0 Å². The third-order valence-corrected chi connectivity index (χ3v) is 6.27. The first-order valence-electron chi connectivity index (χ1n) is 12.1. The lowest BCUT2D eigenvalue weighted by Gasteiger charge is -2.39. The summed E-state index contributed by atoms with van der Waals surface area (Å²) in [6.45, 7) is 2.64. The van der Waals surface area contributed by atoms with Gasteiger partial charge in [0, 0.05) is 52.4 Å². The average molecular weight is 532 g/mol. The summed E-state index contributed by atoms with van der Waals surface area (Å²) in [5, 5.41) is 28.2. The predicted octanol–water partition coefficient (Wildman–Crippen LogP) is -3.14. The molecule has 2 fully saturated rings. The van der Waals surface area contributed by atoms with E-state index in [-0.39, 0.29) is 32.7 Å². The van der Waals surface area contributed by atoms with Gasteiger partial charge in [-0.1, -0.05) is 0 Å². The van der Waals surface area contributed by atoms with Gasteiger partial charge in [-0.2, -0.15) is 0 Å².